The van der Waals surface area contributed by atoms with E-state index in [0.717, 1.165) is 22.3 Å². The minimum Gasteiger partial charge on any atom is -0.490 e. The van der Waals surface area contributed by atoms with Gasteiger partial charge < -0.3 is 24.3 Å². The Balaban J connectivity index is 0.870. The Morgan fingerprint density at radius 2 is 1.63 bits per heavy atom. The van der Waals surface area contributed by atoms with E-state index in [4.69, 9.17) is 18.9 Å². The van der Waals surface area contributed by atoms with Crippen LogP contribution in [0.5, 0.6) is 5.75 Å². The molecule has 6 aromatic rings. The topological polar surface area (TPSA) is 182 Å². The van der Waals surface area contributed by atoms with Crippen LogP contribution in [-0.2, 0) is 40.2 Å². The summed E-state index contributed by atoms with van der Waals surface area (Å²) in [5, 5.41) is 6.39. The molecule has 2 N–H and O–H groups in total. The molecule has 1 unspecified atom stereocenters. The summed E-state index contributed by atoms with van der Waals surface area (Å²) in [7, 11) is -3.66. The number of para-hydroxylation sites is 2. The molecular formula is C40H44N6O9S2. The molecule has 3 aromatic heterocycles. The largest absolute Gasteiger partial charge is 0.490 e. The molecule has 57 heavy (non-hydrogen) atoms. The predicted octanol–water partition coefficient (Wildman–Crippen LogP) is 5.38. The zero-order valence-electron chi connectivity index (χ0n) is 31.5. The van der Waals surface area contributed by atoms with Gasteiger partial charge in [0.15, 0.2) is 9.84 Å². The zero-order chi connectivity index (χ0) is 39.8. The van der Waals surface area contributed by atoms with Crippen molar-refractivity contribution < 1.29 is 37.0 Å². The summed E-state index contributed by atoms with van der Waals surface area (Å²) in [5.41, 5.74) is 5.78. The monoisotopic (exact) mass is 816 g/mol. The van der Waals surface area contributed by atoms with Crippen LogP contribution < -0.4 is 21.1 Å². The quantitative estimate of drug-likeness (QED) is 0.0743. The van der Waals surface area contributed by atoms with Crippen LogP contribution in [0.2, 0.25) is 0 Å². The fourth-order valence-corrected chi connectivity index (χ4v) is 9.01. The first kappa shape index (κ1) is 40.0. The van der Waals surface area contributed by atoms with E-state index in [2.05, 4.69) is 20.6 Å². The third-order valence-electron chi connectivity index (χ3n) is 9.60. The van der Waals surface area contributed by atoms with Crippen molar-refractivity contribution in [1.82, 2.24) is 24.4 Å². The SMILES string of the molecule is CCCCS(=O)(=O)c1cc2c(Nc3ccc4scnc4c3)ccnc2cc1OCCOCCOCCOCCn1c(=O)n(C2CCC(=O)NC2=O)c2ccccc21. The van der Waals surface area contributed by atoms with Crippen molar-refractivity contribution in [3.05, 3.63) is 82.9 Å². The minimum absolute atomic E-state index is 0.0000623. The highest BCUT2D eigenvalue weighted by molar-refractivity contribution is 7.91. The number of thiazole rings is 1. The number of anilines is 2. The van der Waals surface area contributed by atoms with Gasteiger partial charge in [0.1, 0.15) is 23.3 Å². The van der Waals surface area contributed by atoms with Crippen LogP contribution in [0.15, 0.2) is 82.1 Å². The van der Waals surface area contributed by atoms with Gasteiger partial charge in [-0.15, -0.1) is 11.3 Å². The van der Waals surface area contributed by atoms with E-state index in [1.807, 2.05) is 43.3 Å². The number of nitrogens with zero attached hydrogens (tertiary/aromatic N) is 4. The average Bonchev–Trinajstić information content (AvgIpc) is 3.78. The Bertz CT molecular complexity index is 2550. The molecule has 4 heterocycles. The molecule has 1 atom stereocenters. The van der Waals surface area contributed by atoms with Gasteiger partial charge in [-0.2, -0.15) is 0 Å². The summed E-state index contributed by atoms with van der Waals surface area (Å²) < 4.78 is 54.3. The van der Waals surface area contributed by atoms with E-state index in [-0.39, 0.29) is 67.2 Å². The normalized spacial score (nSPS) is 14.8. The smallest absolute Gasteiger partial charge is 0.329 e. The second kappa shape index (κ2) is 18.4. The highest BCUT2D eigenvalue weighted by Crippen LogP contribution is 2.35. The molecule has 7 rings (SSSR count). The molecule has 2 amide bonds. The summed E-state index contributed by atoms with van der Waals surface area (Å²) in [6.45, 7) is 4.02. The van der Waals surface area contributed by atoms with Crippen LogP contribution in [0, 0.1) is 0 Å². The van der Waals surface area contributed by atoms with E-state index in [0.29, 0.717) is 60.5 Å². The van der Waals surface area contributed by atoms with Crippen molar-refractivity contribution >= 4 is 76.5 Å². The number of unbranched alkanes of at least 4 members (excludes halogenated alkanes) is 1. The number of hydrogen-bond donors (Lipinski definition) is 2. The third kappa shape index (κ3) is 9.34. The van der Waals surface area contributed by atoms with Gasteiger partial charge in [0.05, 0.1) is 84.2 Å². The van der Waals surface area contributed by atoms with Crippen molar-refractivity contribution in [2.75, 3.05) is 57.3 Å². The molecule has 17 heteroatoms. The van der Waals surface area contributed by atoms with Crippen molar-refractivity contribution in [2.24, 2.45) is 0 Å². The number of carbonyl (C=O) groups is 2. The molecule has 300 valence electrons. The number of amides is 2. The first-order chi connectivity index (χ1) is 27.7. The summed E-state index contributed by atoms with van der Waals surface area (Å²) in [6, 6.07) is 17.5. The molecule has 1 aliphatic rings. The molecule has 0 bridgehead atoms. The summed E-state index contributed by atoms with van der Waals surface area (Å²) in [5.74, 6) is -0.585. The number of pyridine rings is 1. The number of imide groups is 1. The maximum atomic E-state index is 13.5. The van der Waals surface area contributed by atoms with Gasteiger partial charge in [-0.3, -0.25) is 29.0 Å². The van der Waals surface area contributed by atoms with Crippen LogP contribution in [0.25, 0.3) is 32.2 Å². The lowest BCUT2D eigenvalue weighted by atomic mass is 10.1. The first-order valence-electron chi connectivity index (χ1n) is 18.9. The molecule has 0 aliphatic carbocycles. The van der Waals surface area contributed by atoms with E-state index in [1.165, 1.54) is 4.57 Å². The fraction of sp³-hybridized carbons (Fsp3) is 0.375. The number of hydrogen-bond acceptors (Lipinski definition) is 13. The molecule has 3 aromatic carbocycles. The van der Waals surface area contributed by atoms with Gasteiger partial charge in [-0.25, -0.2) is 18.2 Å². The lowest BCUT2D eigenvalue weighted by molar-refractivity contribution is -0.135. The Morgan fingerprint density at radius 1 is 0.877 bits per heavy atom. The van der Waals surface area contributed by atoms with Gasteiger partial charge in [0.25, 0.3) is 0 Å². The fourth-order valence-electron chi connectivity index (χ4n) is 6.74. The Hall–Kier alpha value is -5.20. The van der Waals surface area contributed by atoms with Crippen LogP contribution in [-0.4, -0.2) is 91.3 Å². The number of ether oxygens (including phenoxy) is 4. The first-order valence-corrected chi connectivity index (χ1v) is 21.4. The minimum atomic E-state index is -3.66. The highest BCUT2D eigenvalue weighted by atomic mass is 32.2. The van der Waals surface area contributed by atoms with E-state index in [1.54, 1.807) is 51.9 Å². The van der Waals surface area contributed by atoms with Crippen LogP contribution in [0.4, 0.5) is 11.4 Å². The number of aromatic nitrogens is 4. The van der Waals surface area contributed by atoms with Crippen molar-refractivity contribution in [1.29, 1.82) is 0 Å². The predicted molar refractivity (Wildman–Crippen MR) is 217 cm³/mol. The Labute approximate surface area is 332 Å². The summed E-state index contributed by atoms with van der Waals surface area (Å²) in [6.07, 6.45) is 3.37. The lowest BCUT2D eigenvalue weighted by Gasteiger charge is -2.21. The zero-order valence-corrected chi connectivity index (χ0v) is 33.1. The number of nitrogens with one attached hydrogen (secondary N) is 2. The number of rotatable bonds is 20. The Morgan fingerprint density at radius 3 is 2.40 bits per heavy atom. The number of fused-ring (bicyclic) bond motifs is 3. The van der Waals surface area contributed by atoms with E-state index >= 15 is 0 Å². The number of sulfone groups is 1. The standard InChI is InChI=1S/C40H44N6O9S2/c1-2-3-22-57(50,51)37-24-28-29(43-27-8-10-36-31(23-27)42-26-56-36)12-13-41-30(28)25-35(37)55-21-20-54-19-18-53-17-16-52-15-14-45-32-6-4-5-7-33(32)46(40(45)49)34-9-11-38(47)44-39(34)48/h4-8,10,12-13,23-26,34H,2-3,9,11,14-22H2,1H3,(H,41,43)(H,44,47,48). The molecular weight excluding hydrogens is 773 g/mol. The van der Waals surface area contributed by atoms with Gasteiger partial charge >= 0.3 is 5.69 Å². The number of imidazole rings is 1. The molecule has 0 radical (unpaired) electrons. The van der Waals surface area contributed by atoms with Gasteiger partial charge in [0.2, 0.25) is 11.8 Å². The Kier molecular flexibility index (Phi) is 12.9. The summed E-state index contributed by atoms with van der Waals surface area (Å²) >= 11 is 1.57. The number of carbonyl (C=O) groups excluding carboxylic acids is 2. The summed E-state index contributed by atoms with van der Waals surface area (Å²) in [4.78, 5) is 46.6. The van der Waals surface area contributed by atoms with E-state index < -0.39 is 21.8 Å². The van der Waals surface area contributed by atoms with Gasteiger partial charge in [-0.1, -0.05) is 25.5 Å². The molecule has 0 spiro atoms. The molecule has 1 fully saturated rings. The van der Waals surface area contributed by atoms with Crippen LogP contribution in [0.3, 0.4) is 0 Å². The van der Waals surface area contributed by atoms with E-state index in [9.17, 15) is 22.8 Å². The van der Waals surface area contributed by atoms with Crippen molar-refractivity contribution in [2.45, 2.75) is 50.1 Å². The second-order valence-electron chi connectivity index (χ2n) is 13.5. The van der Waals surface area contributed by atoms with Crippen LogP contribution >= 0.6 is 11.3 Å². The van der Waals surface area contributed by atoms with Crippen molar-refractivity contribution in [3.63, 3.8) is 0 Å². The van der Waals surface area contributed by atoms with Gasteiger partial charge in [-0.05, 0) is 55.3 Å². The highest BCUT2D eigenvalue weighted by Gasteiger charge is 2.31. The maximum Gasteiger partial charge on any atom is 0.329 e. The molecule has 1 aliphatic heterocycles. The lowest BCUT2D eigenvalue weighted by Crippen LogP contribution is -2.44. The van der Waals surface area contributed by atoms with Crippen LogP contribution in [0.1, 0.15) is 38.6 Å². The molecule has 1 saturated heterocycles. The molecule has 0 saturated carbocycles. The average molecular weight is 817 g/mol. The van der Waals surface area contributed by atoms with Crippen molar-refractivity contribution in [3.8, 4) is 5.75 Å². The maximum absolute atomic E-state index is 13.5. The van der Waals surface area contributed by atoms with Gasteiger partial charge in [0, 0.05) is 35.4 Å². The number of piperidine rings is 1. The number of benzene rings is 3. The molecule has 15 nitrogen and oxygen atoms in total. The third-order valence-corrected chi connectivity index (χ3v) is 12.2. The second-order valence-corrected chi connectivity index (χ2v) is 16.4.